The Labute approximate surface area is 330 Å². The molecule has 1 heterocycles. The van der Waals surface area contributed by atoms with Gasteiger partial charge in [0.25, 0.3) is 0 Å². The van der Waals surface area contributed by atoms with E-state index in [4.69, 9.17) is 30.2 Å². The summed E-state index contributed by atoms with van der Waals surface area (Å²) in [4.78, 5) is 97.3. The SMILES string of the molecule is CC(=O)NC1[C@H](OCc2ccccc2)OC(CO)C(O)[C@@H]1OC(C)C(=O)N[C@@H](C)C(=O)N[C@H](CCC(=O)N[C@H](CSC[C@H](N)C(=O)O)C(=O)NCC(=O)O)C(=O)O. The Hall–Kier alpha value is -4.91. The number of carboxylic acid groups (broad SMARTS) is 3. The van der Waals surface area contributed by atoms with E-state index in [1.165, 1.54) is 20.8 Å². The number of aliphatic hydroxyl groups is 2. The quantitative estimate of drug-likeness (QED) is 0.0477. The van der Waals surface area contributed by atoms with Gasteiger partial charge in [-0.15, -0.1) is 0 Å². The molecule has 0 spiro atoms. The molecule has 0 aliphatic carbocycles. The molecule has 2 rings (SSSR count). The van der Waals surface area contributed by atoms with Gasteiger partial charge in [-0.2, -0.15) is 11.8 Å². The van der Waals surface area contributed by atoms with Crippen LogP contribution in [0.2, 0.25) is 0 Å². The minimum absolute atomic E-state index is 0.0183. The molecule has 1 aliphatic heterocycles. The van der Waals surface area contributed by atoms with Crippen LogP contribution in [0.25, 0.3) is 0 Å². The molecule has 22 nitrogen and oxygen atoms in total. The van der Waals surface area contributed by atoms with Crippen molar-refractivity contribution in [3.05, 3.63) is 35.9 Å². The van der Waals surface area contributed by atoms with Crippen LogP contribution < -0.4 is 32.3 Å². The first-order chi connectivity index (χ1) is 26.8. The zero-order valence-corrected chi connectivity index (χ0v) is 32.1. The van der Waals surface area contributed by atoms with Crippen LogP contribution in [0.15, 0.2) is 30.3 Å². The van der Waals surface area contributed by atoms with Crippen molar-refractivity contribution in [3.63, 3.8) is 0 Å². The number of nitrogens with one attached hydrogen (secondary N) is 5. The van der Waals surface area contributed by atoms with Crippen LogP contribution in [0, 0.1) is 0 Å². The molecule has 57 heavy (non-hydrogen) atoms. The van der Waals surface area contributed by atoms with E-state index in [0.29, 0.717) is 0 Å². The van der Waals surface area contributed by atoms with E-state index in [2.05, 4.69) is 26.6 Å². The molecule has 1 aromatic carbocycles. The molecule has 318 valence electrons. The summed E-state index contributed by atoms with van der Waals surface area (Å²) in [5.74, 6) is -8.75. The lowest BCUT2D eigenvalue weighted by molar-refractivity contribution is -0.283. The van der Waals surface area contributed by atoms with Gasteiger partial charge >= 0.3 is 17.9 Å². The number of aliphatic carboxylic acids is 3. The van der Waals surface area contributed by atoms with E-state index in [9.17, 15) is 53.7 Å². The van der Waals surface area contributed by atoms with Crippen molar-refractivity contribution < 1.29 is 78.1 Å². The van der Waals surface area contributed by atoms with Gasteiger partial charge in [0.05, 0.1) is 13.2 Å². The van der Waals surface area contributed by atoms with Gasteiger partial charge in [-0.05, 0) is 25.8 Å². The topological polar surface area (TPSA) is 352 Å². The Morgan fingerprint density at radius 2 is 1.56 bits per heavy atom. The average molecular weight is 831 g/mol. The third-order valence-electron chi connectivity index (χ3n) is 8.20. The molecule has 0 aromatic heterocycles. The Morgan fingerprint density at radius 1 is 0.895 bits per heavy atom. The fourth-order valence-corrected chi connectivity index (χ4v) is 6.16. The molecule has 4 unspecified atom stereocenters. The van der Waals surface area contributed by atoms with Crippen LogP contribution in [-0.4, -0.2) is 159 Å². The summed E-state index contributed by atoms with van der Waals surface area (Å²) in [6.45, 7) is 2.29. The zero-order valence-electron chi connectivity index (χ0n) is 31.3. The lowest BCUT2D eigenvalue weighted by Gasteiger charge is -2.44. The fourth-order valence-electron chi connectivity index (χ4n) is 5.16. The first kappa shape index (κ1) is 48.2. The van der Waals surface area contributed by atoms with Crippen LogP contribution in [0.3, 0.4) is 0 Å². The standard InChI is InChI=1S/C34H50N6O16S/c1-16(29(47)40-21(33(52)53)9-10-24(43)39-22(31(49)36-11-25(44)45)15-57-14-20(35)32(50)51)37-30(48)17(2)55-28-26(38-18(3)42)34(56-23(12-41)27(28)46)54-13-19-7-5-4-6-8-19/h4-8,16-17,20-23,26-28,34,41,46H,9-15,35H2,1-3H3,(H,36,49)(H,37,48)(H,38,42)(H,39,43)(H,40,47)(H,44,45)(H,50,51)(H,52,53)/t16-,17?,20-,21+,22+,23?,26?,27?,28+,34+/m0/s1. The molecule has 0 bridgehead atoms. The van der Waals surface area contributed by atoms with Crippen LogP contribution in [0.4, 0.5) is 0 Å². The summed E-state index contributed by atoms with van der Waals surface area (Å²) in [5, 5.41) is 60.0. The van der Waals surface area contributed by atoms with Crippen molar-refractivity contribution in [2.24, 2.45) is 5.73 Å². The van der Waals surface area contributed by atoms with Crippen LogP contribution in [-0.2, 0) is 59.2 Å². The number of hydrogen-bond acceptors (Lipinski definition) is 15. The molecular weight excluding hydrogens is 780 g/mol. The van der Waals surface area contributed by atoms with Gasteiger partial charge < -0.3 is 72.1 Å². The van der Waals surface area contributed by atoms with Gasteiger partial charge in [-0.1, -0.05) is 30.3 Å². The predicted molar refractivity (Wildman–Crippen MR) is 197 cm³/mol. The maximum atomic E-state index is 13.2. The number of thioether (sulfide) groups is 1. The Bertz CT molecular complexity index is 1560. The number of carbonyl (C=O) groups excluding carboxylic acids is 5. The van der Waals surface area contributed by atoms with Crippen LogP contribution in [0.5, 0.6) is 0 Å². The highest BCUT2D eigenvalue weighted by atomic mass is 32.2. The highest BCUT2D eigenvalue weighted by Crippen LogP contribution is 2.26. The minimum Gasteiger partial charge on any atom is -0.480 e. The number of nitrogens with two attached hydrogens (primary N) is 1. The lowest BCUT2D eigenvalue weighted by Crippen LogP contribution is -2.66. The van der Waals surface area contributed by atoms with E-state index >= 15 is 0 Å². The van der Waals surface area contributed by atoms with Crippen molar-refractivity contribution in [2.75, 3.05) is 24.7 Å². The predicted octanol–water partition coefficient (Wildman–Crippen LogP) is -3.76. The third kappa shape index (κ3) is 16.6. The summed E-state index contributed by atoms with van der Waals surface area (Å²) >= 11 is 0.890. The molecule has 1 aliphatic rings. The molecule has 1 saturated heterocycles. The molecule has 10 atom stereocenters. The number of carbonyl (C=O) groups is 8. The number of rotatable bonds is 24. The van der Waals surface area contributed by atoms with Crippen molar-refractivity contribution in [2.45, 2.75) is 101 Å². The largest absolute Gasteiger partial charge is 0.480 e. The number of ether oxygens (including phenoxy) is 3. The smallest absolute Gasteiger partial charge is 0.326 e. The van der Waals surface area contributed by atoms with Crippen molar-refractivity contribution in [1.82, 2.24) is 26.6 Å². The summed E-state index contributed by atoms with van der Waals surface area (Å²) in [6.07, 6.45) is -7.83. The molecular formula is C34H50N6O16S. The van der Waals surface area contributed by atoms with Gasteiger partial charge in [0.2, 0.25) is 29.5 Å². The fraction of sp³-hybridized carbons (Fsp3) is 0.588. The molecule has 1 fully saturated rings. The normalized spacial score (nSPS) is 21.7. The van der Waals surface area contributed by atoms with E-state index < -0.39 is 134 Å². The maximum absolute atomic E-state index is 13.2. The second-order valence-electron chi connectivity index (χ2n) is 12.9. The second kappa shape index (κ2) is 24.0. The number of benzene rings is 1. The van der Waals surface area contributed by atoms with E-state index in [1.807, 2.05) is 0 Å². The Kier molecular flexibility index (Phi) is 20.3. The number of amides is 5. The van der Waals surface area contributed by atoms with Gasteiger partial charge in [0, 0.05) is 24.9 Å². The average Bonchev–Trinajstić information content (AvgIpc) is 3.15. The van der Waals surface area contributed by atoms with Crippen LogP contribution >= 0.6 is 11.8 Å². The van der Waals surface area contributed by atoms with E-state index in [1.54, 1.807) is 30.3 Å². The lowest BCUT2D eigenvalue weighted by atomic mass is 9.96. The molecule has 23 heteroatoms. The third-order valence-corrected chi connectivity index (χ3v) is 9.37. The first-order valence-electron chi connectivity index (χ1n) is 17.6. The first-order valence-corrected chi connectivity index (χ1v) is 18.7. The van der Waals surface area contributed by atoms with Crippen molar-refractivity contribution in [1.29, 1.82) is 0 Å². The number of aliphatic hydroxyl groups excluding tert-OH is 2. The van der Waals surface area contributed by atoms with Crippen LogP contribution in [0.1, 0.15) is 39.2 Å². The Morgan fingerprint density at radius 3 is 2.14 bits per heavy atom. The van der Waals surface area contributed by atoms with E-state index in [0.717, 1.165) is 17.3 Å². The highest BCUT2D eigenvalue weighted by Gasteiger charge is 2.48. The van der Waals surface area contributed by atoms with Gasteiger partial charge in [0.15, 0.2) is 6.29 Å². The minimum atomic E-state index is -1.66. The Balaban J connectivity index is 2.03. The van der Waals surface area contributed by atoms with E-state index in [-0.39, 0.29) is 18.1 Å². The molecule has 0 saturated carbocycles. The molecule has 12 N–H and O–H groups in total. The summed E-state index contributed by atoms with van der Waals surface area (Å²) in [7, 11) is 0. The molecule has 5 amide bonds. The zero-order chi connectivity index (χ0) is 42.8. The molecule has 0 radical (unpaired) electrons. The van der Waals surface area contributed by atoms with Gasteiger partial charge in [0.1, 0.15) is 61.2 Å². The van der Waals surface area contributed by atoms with Gasteiger partial charge in [-0.25, -0.2) is 4.79 Å². The molecule has 1 aromatic rings. The number of carboxylic acids is 3. The highest BCUT2D eigenvalue weighted by molar-refractivity contribution is 7.99. The summed E-state index contributed by atoms with van der Waals surface area (Å²) in [5.41, 5.74) is 6.20. The maximum Gasteiger partial charge on any atom is 0.326 e. The summed E-state index contributed by atoms with van der Waals surface area (Å²) < 4.78 is 17.5. The second-order valence-corrected chi connectivity index (χ2v) is 13.9. The summed E-state index contributed by atoms with van der Waals surface area (Å²) in [6, 6.07) is 2.10. The van der Waals surface area contributed by atoms with Gasteiger partial charge in [-0.3, -0.25) is 33.6 Å². The number of hydrogen-bond donors (Lipinski definition) is 11. The van der Waals surface area contributed by atoms with Crippen molar-refractivity contribution in [3.8, 4) is 0 Å². The van der Waals surface area contributed by atoms with Crippen molar-refractivity contribution >= 4 is 59.2 Å². The monoisotopic (exact) mass is 830 g/mol.